The first kappa shape index (κ1) is 14.7. The van der Waals surface area contributed by atoms with Crippen LogP contribution in [-0.2, 0) is 0 Å². The van der Waals surface area contributed by atoms with Crippen LogP contribution in [0.1, 0.15) is 5.56 Å². The third kappa shape index (κ3) is 2.48. The Morgan fingerprint density at radius 1 is 0.808 bits per heavy atom. The number of para-hydroxylation sites is 2. The first-order valence-electron chi connectivity index (χ1n) is 8.53. The Morgan fingerprint density at radius 2 is 1.46 bits per heavy atom. The zero-order chi connectivity index (χ0) is 17.3. The molecule has 4 heteroatoms. The van der Waals surface area contributed by atoms with Crippen molar-refractivity contribution in [1.82, 2.24) is 9.97 Å². The van der Waals surface area contributed by atoms with Crippen molar-refractivity contribution in [2.75, 3.05) is 5.43 Å². The van der Waals surface area contributed by atoms with E-state index in [1.54, 1.807) is 0 Å². The minimum atomic E-state index is 0.631. The van der Waals surface area contributed by atoms with E-state index < -0.39 is 0 Å². The highest BCUT2D eigenvalue weighted by Crippen LogP contribution is 2.27. The summed E-state index contributed by atoms with van der Waals surface area (Å²) < 4.78 is 0. The normalized spacial score (nSPS) is 11.7. The average molecular weight is 336 g/mol. The summed E-state index contributed by atoms with van der Waals surface area (Å²) in [5, 5.41) is 9.21. The van der Waals surface area contributed by atoms with Crippen LogP contribution in [0.3, 0.4) is 0 Å². The molecule has 0 radical (unpaired) electrons. The molecule has 4 nitrogen and oxygen atoms in total. The predicted octanol–water partition coefficient (Wildman–Crippen LogP) is 5.32. The molecule has 2 N–H and O–H groups in total. The van der Waals surface area contributed by atoms with Gasteiger partial charge in [-0.3, -0.25) is 0 Å². The van der Waals surface area contributed by atoms with Gasteiger partial charge in [0.25, 0.3) is 0 Å². The Morgan fingerprint density at radius 3 is 2.19 bits per heavy atom. The number of benzene rings is 4. The number of nitrogens with zero attached hydrogens (tertiary/aromatic N) is 2. The Hall–Kier alpha value is -3.66. The van der Waals surface area contributed by atoms with Crippen LogP contribution in [0.5, 0.6) is 0 Å². The molecule has 0 saturated heterocycles. The van der Waals surface area contributed by atoms with Gasteiger partial charge in [0, 0.05) is 5.56 Å². The summed E-state index contributed by atoms with van der Waals surface area (Å²) in [7, 11) is 0. The van der Waals surface area contributed by atoms with Crippen molar-refractivity contribution in [3.63, 3.8) is 0 Å². The van der Waals surface area contributed by atoms with Gasteiger partial charge in [-0.1, -0.05) is 60.7 Å². The smallest absolute Gasteiger partial charge is 0.222 e. The van der Waals surface area contributed by atoms with Crippen molar-refractivity contribution >= 4 is 44.7 Å². The van der Waals surface area contributed by atoms with Crippen LogP contribution in [0.4, 0.5) is 5.95 Å². The van der Waals surface area contributed by atoms with E-state index >= 15 is 0 Å². The van der Waals surface area contributed by atoms with E-state index in [0.717, 1.165) is 16.6 Å². The van der Waals surface area contributed by atoms with E-state index in [4.69, 9.17) is 0 Å². The third-order valence-electron chi connectivity index (χ3n) is 4.57. The van der Waals surface area contributed by atoms with Crippen LogP contribution in [0, 0.1) is 0 Å². The Labute approximate surface area is 150 Å². The molecular weight excluding hydrogens is 320 g/mol. The van der Waals surface area contributed by atoms with Gasteiger partial charge in [0.1, 0.15) is 0 Å². The summed E-state index contributed by atoms with van der Waals surface area (Å²) in [6.07, 6.45) is 1.87. The zero-order valence-electron chi connectivity index (χ0n) is 14.0. The Kier molecular flexibility index (Phi) is 3.39. The molecule has 0 fully saturated rings. The minimum Gasteiger partial charge on any atom is -0.323 e. The second-order valence-electron chi connectivity index (χ2n) is 6.21. The van der Waals surface area contributed by atoms with Crippen LogP contribution in [-0.4, -0.2) is 16.2 Å². The standard InChI is InChI=1S/C22H16N4/c1-3-9-17-15(7-1)13-16-8-2-4-10-18(16)19(17)14-23-26-22-24-20-11-5-6-12-21(20)25-22/h1-14H,(H2,24,25,26)/b23-14-. The number of aromatic amines is 1. The molecule has 0 aliphatic carbocycles. The maximum Gasteiger partial charge on any atom is 0.222 e. The fraction of sp³-hybridized carbons (Fsp3) is 0. The van der Waals surface area contributed by atoms with E-state index in [2.05, 4.69) is 75.1 Å². The van der Waals surface area contributed by atoms with Gasteiger partial charge in [-0.05, 0) is 39.7 Å². The number of fused-ring (bicyclic) bond motifs is 3. The lowest BCUT2D eigenvalue weighted by atomic mass is 9.97. The fourth-order valence-corrected chi connectivity index (χ4v) is 3.35. The summed E-state index contributed by atoms with van der Waals surface area (Å²) in [6, 6.07) is 26.9. The largest absolute Gasteiger partial charge is 0.323 e. The lowest BCUT2D eigenvalue weighted by Crippen LogP contribution is -1.94. The molecule has 0 amide bonds. The molecule has 0 saturated carbocycles. The van der Waals surface area contributed by atoms with Crippen molar-refractivity contribution in [2.45, 2.75) is 0 Å². The molecular formula is C22H16N4. The van der Waals surface area contributed by atoms with Crippen LogP contribution >= 0.6 is 0 Å². The molecule has 0 aliphatic heterocycles. The van der Waals surface area contributed by atoms with Gasteiger partial charge in [-0.2, -0.15) is 5.10 Å². The number of imidazole rings is 1. The molecule has 4 aromatic carbocycles. The summed E-state index contributed by atoms with van der Waals surface area (Å²) >= 11 is 0. The Balaban J connectivity index is 1.57. The first-order valence-corrected chi connectivity index (χ1v) is 8.53. The highest BCUT2D eigenvalue weighted by atomic mass is 15.3. The van der Waals surface area contributed by atoms with Gasteiger partial charge < -0.3 is 4.98 Å². The topological polar surface area (TPSA) is 53.1 Å². The van der Waals surface area contributed by atoms with E-state index in [0.29, 0.717) is 5.95 Å². The van der Waals surface area contributed by atoms with Gasteiger partial charge in [0.15, 0.2) is 0 Å². The van der Waals surface area contributed by atoms with Gasteiger partial charge in [-0.15, -0.1) is 0 Å². The van der Waals surface area contributed by atoms with E-state index in [-0.39, 0.29) is 0 Å². The van der Waals surface area contributed by atoms with Crippen molar-refractivity contribution in [2.24, 2.45) is 5.10 Å². The number of rotatable bonds is 3. The highest BCUT2D eigenvalue weighted by Gasteiger charge is 2.05. The monoisotopic (exact) mass is 336 g/mol. The maximum absolute atomic E-state index is 4.49. The number of hydrogen-bond acceptors (Lipinski definition) is 3. The SMILES string of the molecule is C(=N/Nc1nc2ccccc2[nH]1)/c1c2ccccc2cc2ccccc12. The number of hydrazone groups is 1. The highest BCUT2D eigenvalue weighted by molar-refractivity contribution is 6.13. The third-order valence-corrected chi connectivity index (χ3v) is 4.57. The molecule has 26 heavy (non-hydrogen) atoms. The van der Waals surface area contributed by atoms with Crippen molar-refractivity contribution in [3.8, 4) is 0 Å². The summed E-state index contributed by atoms with van der Waals surface area (Å²) in [4.78, 5) is 7.71. The van der Waals surface area contributed by atoms with Crippen molar-refractivity contribution in [3.05, 3.63) is 84.4 Å². The quantitative estimate of drug-likeness (QED) is 0.266. The number of aromatic nitrogens is 2. The Bertz CT molecular complexity index is 1180. The number of H-pyrrole nitrogens is 1. The molecule has 1 aromatic heterocycles. The number of nitrogens with one attached hydrogen (secondary N) is 2. The molecule has 5 rings (SSSR count). The van der Waals surface area contributed by atoms with Crippen LogP contribution < -0.4 is 5.43 Å². The molecule has 0 unspecified atom stereocenters. The lowest BCUT2D eigenvalue weighted by Gasteiger charge is -2.07. The first-order chi connectivity index (χ1) is 12.9. The van der Waals surface area contributed by atoms with Crippen molar-refractivity contribution in [1.29, 1.82) is 0 Å². The molecule has 0 bridgehead atoms. The van der Waals surface area contributed by atoms with Crippen LogP contribution in [0.25, 0.3) is 32.6 Å². The summed E-state index contributed by atoms with van der Waals surface area (Å²) in [6.45, 7) is 0. The second kappa shape index (κ2) is 6.01. The van der Waals surface area contributed by atoms with Crippen LogP contribution in [0.2, 0.25) is 0 Å². The van der Waals surface area contributed by atoms with Crippen molar-refractivity contribution < 1.29 is 0 Å². The van der Waals surface area contributed by atoms with Crippen LogP contribution in [0.15, 0.2) is 84.0 Å². The van der Waals surface area contributed by atoms with Gasteiger partial charge in [-0.25, -0.2) is 10.4 Å². The fourth-order valence-electron chi connectivity index (χ4n) is 3.35. The maximum atomic E-state index is 4.49. The molecule has 1 heterocycles. The lowest BCUT2D eigenvalue weighted by molar-refractivity contribution is 1.22. The molecule has 124 valence electrons. The van der Waals surface area contributed by atoms with E-state index in [1.165, 1.54) is 21.5 Å². The predicted molar refractivity (Wildman–Crippen MR) is 109 cm³/mol. The molecule has 0 spiro atoms. The summed E-state index contributed by atoms with van der Waals surface area (Å²) in [5.74, 6) is 0.631. The molecule has 5 aromatic rings. The van der Waals surface area contributed by atoms with Gasteiger partial charge >= 0.3 is 0 Å². The van der Waals surface area contributed by atoms with Gasteiger partial charge in [0.05, 0.1) is 17.2 Å². The minimum absolute atomic E-state index is 0.631. The van der Waals surface area contributed by atoms with E-state index in [1.807, 2.05) is 30.5 Å². The second-order valence-corrected chi connectivity index (χ2v) is 6.21. The van der Waals surface area contributed by atoms with E-state index in [9.17, 15) is 0 Å². The number of anilines is 1. The average Bonchev–Trinajstić information content (AvgIpc) is 3.10. The number of hydrogen-bond donors (Lipinski definition) is 2. The molecule has 0 atom stereocenters. The summed E-state index contributed by atoms with van der Waals surface area (Å²) in [5.41, 5.74) is 6.02. The molecule has 0 aliphatic rings. The zero-order valence-corrected chi connectivity index (χ0v) is 14.0. The van der Waals surface area contributed by atoms with Gasteiger partial charge in [0.2, 0.25) is 5.95 Å².